The Morgan fingerprint density at radius 2 is 2.29 bits per heavy atom. The van der Waals surface area contributed by atoms with Gasteiger partial charge in [0.2, 0.25) is 0 Å². The number of carbonyl (C=O) groups is 1. The van der Waals surface area contributed by atoms with Gasteiger partial charge in [0.15, 0.2) is 11.6 Å². The Labute approximate surface area is 121 Å². The number of halogens is 1. The van der Waals surface area contributed by atoms with E-state index in [9.17, 15) is 9.18 Å². The number of hydrogen-bond acceptors (Lipinski definition) is 4. The zero-order valence-corrected chi connectivity index (χ0v) is 11.6. The van der Waals surface area contributed by atoms with Crippen LogP contribution in [-0.2, 0) is 6.54 Å². The molecular formula is C14H15FN4O2. The number of nitrogens with zero attached hydrogens (tertiary/aromatic N) is 4. The van der Waals surface area contributed by atoms with Crippen LogP contribution in [0.3, 0.4) is 0 Å². The first-order chi connectivity index (χ1) is 10.2. The third kappa shape index (κ3) is 2.72. The predicted molar refractivity (Wildman–Crippen MR) is 72.4 cm³/mol. The van der Waals surface area contributed by atoms with E-state index in [1.54, 1.807) is 22.0 Å². The van der Waals surface area contributed by atoms with Crippen molar-refractivity contribution in [2.45, 2.75) is 6.54 Å². The highest BCUT2D eigenvalue weighted by atomic mass is 19.1. The summed E-state index contributed by atoms with van der Waals surface area (Å²) >= 11 is 0. The van der Waals surface area contributed by atoms with Crippen molar-refractivity contribution in [2.75, 3.05) is 20.2 Å². The predicted octanol–water partition coefficient (Wildman–Crippen LogP) is 1.20. The van der Waals surface area contributed by atoms with Crippen molar-refractivity contribution in [1.29, 1.82) is 0 Å². The van der Waals surface area contributed by atoms with Crippen molar-refractivity contribution in [2.24, 2.45) is 5.92 Å². The quantitative estimate of drug-likeness (QED) is 0.849. The van der Waals surface area contributed by atoms with Gasteiger partial charge in [-0.15, -0.1) is 0 Å². The highest BCUT2D eigenvalue weighted by molar-refractivity contribution is 5.94. The molecule has 0 spiro atoms. The number of likely N-dealkylation sites (tertiary alicyclic amines) is 1. The van der Waals surface area contributed by atoms with Gasteiger partial charge in [0.25, 0.3) is 5.91 Å². The number of ether oxygens (including phenoxy) is 1. The summed E-state index contributed by atoms with van der Waals surface area (Å²) in [5.41, 5.74) is 0.340. The van der Waals surface area contributed by atoms with Crippen LogP contribution in [0, 0.1) is 11.7 Å². The molecule has 110 valence electrons. The van der Waals surface area contributed by atoms with Gasteiger partial charge < -0.3 is 9.64 Å². The fourth-order valence-electron chi connectivity index (χ4n) is 2.42. The molecule has 6 nitrogen and oxygen atoms in total. The van der Waals surface area contributed by atoms with Crippen molar-refractivity contribution in [1.82, 2.24) is 19.7 Å². The third-order valence-corrected chi connectivity index (χ3v) is 3.55. The molecule has 1 amide bonds. The van der Waals surface area contributed by atoms with E-state index in [1.165, 1.54) is 25.6 Å². The molecule has 7 heteroatoms. The first-order valence-corrected chi connectivity index (χ1v) is 6.62. The van der Waals surface area contributed by atoms with Gasteiger partial charge in [0.05, 0.1) is 7.11 Å². The Kier molecular flexibility index (Phi) is 3.55. The normalized spacial score (nSPS) is 14.9. The average molecular weight is 290 g/mol. The van der Waals surface area contributed by atoms with Gasteiger partial charge in [-0.25, -0.2) is 9.37 Å². The number of methoxy groups -OCH3 is 1. The van der Waals surface area contributed by atoms with Crippen molar-refractivity contribution in [3.63, 3.8) is 0 Å². The summed E-state index contributed by atoms with van der Waals surface area (Å²) in [4.78, 5) is 17.8. The molecule has 1 aromatic carbocycles. The van der Waals surface area contributed by atoms with E-state index in [0.717, 1.165) is 6.54 Å². The van der Waals surface area contributed by atoms with Crippen LogP contribution in [0.15, 0.2) is 30.9 Å². The lowest BCUT2D eigenvalue weighted by Gasteiger charge is -2.39. The molecule has 0 N–H and O–H groups in total. The second kappa shape index (κ2) is 5.51. The molecule has 0 saturated carbocycles. The third-order valence-electron chi connectivity index (χ3n) is 3.55. The van der Waals surface area contributed by atoms with Crippen LogP contribution in [0.2, 0.25) is 0 Å². The largest absolute Gasteiger partial charge is 0.494 e. The highest BCUT2D eigenvalue weighted by Gasteiger charge is 2.31. The lowest BCUT2D eigenvalue weighted by atomic mass is 9.99. The van der Waals surface area contributed by atoms with Crippen molar-refractivity contribution in [3.8, 4) is 5.75 Å². The molecule has 1 aromatic heterocycles. The Bertz CT molecular complexity index is 638. The Morgan fingerprint density at radius 1 is 1.48 bits per heavy atom. The first kappa shape index (κ1) is 13.5. The highest BCUT2D eigenvalue weighted by Crippen LogP contribution is 2.23. The number of aromatic nitrogens is 3. The summed E-state index contributed by atoms with van der Waals surface area (Å²) < 4.78 is 20.2. The molecule has 1 aliphatic rings. The minimum atomic E-state index is -0.525. The zero-order valence-electron chi connectivity index (χ0n) is 11.6. The van der Waals surface area contributed by atoms with E-state index in [1.807, 2.05) is 0 Å². The van der Waals surface area contributed by atoms with Crippen LogP contribution in [0.25, 0.3) is 0 Å². The van der Waals surface area contributed by atoms with E-state index in [4.69, 9.17) is 4.74 Å². The minimum absolute atomic E-state index is 0.138. The van der Waals surface area contributed by atoms with Crippen molar-refractivity contribution < 1.29 is 13.9 Å². The Morgan fingerprint density at radius 3 is 2.90 bits per heavy atom. The van der Waals surface area contributed by atoms with Gasteiger partial charge in [0, 0.05) is 31.1 Å². The summed E-state index contributed by atoms with van der Waals surface area (Å²) in [6.45, 7) is 2.03. The number of rotatable bonds is 4. The molecule has 21 heavy (non-hydrogen) atoms. The van der Waals surface area contributed by atoms with E-state index in [-0.39, 0.29) is 11.7 Å². The van der Waals surface area contributed by atoms with Gasteiger partial charge in [-0.3, -0.25) is 9.48 Å². The molecule has 0 atom stereocenters. The van der Waals surface area contributed by atoms with Gasteiger partial charge in [-0.05, 0) is 18.2 Å². The second-order valence-corrected chi connectivity index (χ2v) is 5.04. The van der Waals surface area contributed by atoms with Crippen LogP contribution in [0.5, 0.6) is 5.75 Å². The van der Waals surface area contributed by atoms with Crippen molar-refractivity contribution in [3.05, 3.63) is 42.2 Å². The second-order valence-electron chi connectivity index (χ2n) is 5.04. The van der Waals surface area contributed by atoms with Crippen LogP contribution >= 0.6 is 0 Å². The number of hydrogen-bond donors (Lipinski definition) is 0. The van der Waals surface area contributed by atoms with Gasteiger partial charge in [0.1, 0.15) is 12.7 Å². The molecule has 3 rings (SSSR count). The monoisotopic (exact) mass is 290 g/mol. The smallest absolute Gasteiger partial charge is 0.253 e. The Hall–Kier alpha value is -2.44. The molecule has 0 unspecified atom stereocenters. The SMILES string of the molecule is COc1ccc(C(=O)N2CC(Cn3cncn3)C2)cc1F. The average Bonchev–Trinajstić information content (AvgIpc) is 2.94. The van der Waals surface area contributed by atoms with E-state index in [2.05, 4.69) is 10.1 Å². The lowest BCUT2D eigenvalue weighted by molar-refractivity contribution is 0.0461. The first-order valence-electron chi connectivity index (χ1n) is 6.62. The summed E-state index contributed by atoms with van der Waals surface area (Å²) in [7, 11) is 1.39. The summed E-state index contributed by atoms with van der Waals surface area (Å²) in [6.07, 6.45) is 3.14. The number of carbonyl (C=O) groups excluding carboxylic acids is 1. The van der Waals surface area contributed by atoms with Crippen LogP contribution < -0.4 is 4.74 Å². The van der Waals surface area contributed by atoms with E-state index >= 15 is 0 Å². The standard InChI is InChI=1S/C14H15FN4O2/c1-21-13-3-2-11(4-12(13)15)14(20)18-5-10(6-18)7-19-9-16-8-17-19/h2-4,8-10H,5-7H2,1H3. The maximum atomic E-state index is 13.6. The minimum Gasteiger partial charge on any atom is -0.494 e. The fourth-order valence-corrected chi connectivity index (χ4v) is 2.42. The molecule has 0 aliphatic carbocycles. The summed E-state index contributed by atoms with van der Waals surface area (Å²) in [6, 6.07) is 4.26. The number of amides is 1. The summed E-state index contributed by atoms with van der Waals surface area (Å²) in [5, 5.41) is 4.04. The zero-order chi connectivity index (χ0) is 14.8. The van der Waals surface area contributed by atoms with Crippen molar-refractivity contribution >= 4 is 5.91 Å². The van der Waals surface area contributed by atoms with Crippen LogP contribution in [-0.4, -0.2) is 45.8 Å². The van der Waals surface area contributed by atoms with Gasteiger partial charge >= 0.3 is 0 Å². The molecule has 1 fully saturated rings. The number of benzene rings is 1. The van der Waals surface area contributed by atoms with Gasteiger partial charge in [-0.2, -0.15) is 5.10 Å². The molecule has 1 aliphatic heterocycles. The topological polar surface area (TPSA) is 60.2 Å². The molecule has 2 aromatic rings. The molecule has 1 saturated heterocycles. The van der Waals surface area contributed by atoms with E-state index in [0.29, 0.717) is 24.6 Å². The Balaban J connectivity index is 1.59. The molecular weight excluding hydrogens is 275 g/mol. The lowest BCUT2D eigenvalue weighted by Crippen LogP contribution is -2.51. The fraction of sp³-hybridized carbons (Fsp3) is 0.357. The maximum Gasteiger partial charge on any atom is 0.253 e. The van der Waals surface area contributed by atoms with E-state index < -0.39 is 5.82 Å². The molecule has 0 bridgehead atoms. The molecule has 0 radical (unpaired) electrons. The van der Waals surface area contributed by atoms with Crippen LogP contribution in [0.1, 0.15) is 10.4 Å². The van der Waals surface area contributed by atoms with Crippen LogP contribution in [0.4, 0.5) is 4.39 Å². The molecule has 2 heterocycles. The maximum absolute atomic E-state index is 13.6. The summed E-state index contributed by atoms with van der Waals surface area (Å²) in [5.74, 6) is -0.188. The van der Waals surface area contributed by atoms with Gasteiger partial charge in [-0.1, -0.05) is 0 Å².